The van der Waals surface area contributed by atoms with Gasteiger partial charge in [-0.25, -0.2) is 4.39 Å². The zero-order valence-corrected chi connectivity index (χ0v) is 14.9. The van der Waals surface area contributed by atoms with Crippen LogP contribution in [0.1, 0.15) is 18.1 Å². The smallest absolute Gasteiger partial charge is 0.317 e. The van der Waals surface area contributed by atoms with Crippen LogP contribution in [0.3, 0.4) is 0 Å². The van der Waals surface area contributed by atoms with E-state index in [2.05, 4.69) is 5.32 Å². The number of thioether (sulfide) groups is 1. The number of hydrogen-bond donors (Lipinski definition) is 1. The van der Waals surface area contributed by atoms with E-state index in [1.54, 1.807) is 12.1 Å². The van der Waals surface area contributed by atoms with Crippen LogP contribution in [-0.4, -0.2) is 23.7 Å². The van der Waals surface area contributed by atoms with Gasteiger partial charge in [-0.05, 0) is 43.2 Å². The second-order valence-corrected chi connectivity index (χ2v) is 6.55. The van der Waals surface area contributed by atoms with Crippen LogP contribution in [0, 0.1) is 12.7 Å². The van der Waals surface area contributed by atoms with Gasteiger partial charge in [0.05, 0.1) is 5.75 Å². The van der Waals surface area contributed by atoms with Crippen molar-refractivity contribution < 1.29 is 18.7 Å². The molecule has 1 atom stereocenters. The highest BCUT2D eigenvalue weighted by molar-refractivity contribution is 8.00. The first-order valence-corrected chi connectivity index (χ1v) is 8.84. The number of carbonyl (C=O) groups excluding carboxylic acids is 2. The van der Waals surface area contributed by atoms with E-state index >= 15 is 0 Å². The van der Waals surface area contributed by atoms with Crippen LogP contribution in [0.25, 0.3) is 0 Å². The second-order valence-electron chi connectivity index (χ2n) is 5.53. The van der Waals surface area contributed by atoms with Gasteiger partial charge in [0.25, 0.3) is 5.91 Å². The lowest BCUT2D eigenvalue weighted by Crippen LogP contribution is -2.35. The molecular weight excluding hydrogens is 341 g/mol. The van der Waals surface area contributed by atoms with Gasteiger partial charge in [-0.3, -0.25) is 9.59 Å². The van der Waals surface area contributed by atoms with E-state index in [4.69, 9.17) is 4.74 Å². The van der Waals surface area contributed by atoms with Crippen molar-refractivity contribution in [1.82, 2.24) is 5.32 Å². The lowest BCUT2D eigenvalue weighted by molar-refractivity contribution is -0.152. The van der Waals surface area contributed by atoms with Gasteiger partial charge >= 0.3 is 5.97 Å². The Bertz CT molecular complexity index is 734. The summed E-state index contributed by atoms with van der Waals surface area (Å²) < 4.78 is 18.0. The van der Waals surface area contributed by atoms with E-state index in [1.807, 2.05) is 31.2 Å². The summed E-state index contributed by atoms with van der Waals surface area (Å²) in [7, 11) is 0. The van der Waals surface area contributed by atoms with E-state index in [0.29, 0.717) is 0 Å². The molecule has 0 aliphatic carbocycles. The van der Waals surface area contributed by atoms with Gasteiger partial charge < -0.3 is 10.1 Å². The Balaban J connectivity index is 1.75. The van der Waals surface area contributed by atoms with Crippen molar-refractivity contribution in [1.29, 1.82) is 0 Å². The summed E-state index contributed by atoms with van der Waals surface area (Å²) in [5.41, 5.74) is 1.86. The first kappa shape index (κ1) is 19.0. The lowest BCUT2D eigenvalue weighted by Gasteiger charge is -2.13. The van der Waals surface area contributed by atoms with E-state index in [9.17, 15) is 14.0 Å². The monoisotopic (exact) mass is 361 g/mol. The first-order valence-electron chi connectivity index (χ1n) is 7.86. The van der Waals surface area contributed by atoms with Crippen LogP contribution in [-0.2, 0) is 20.9 Å². The quantitative estimate of drug-likeness (QED) is 0.606. The van der Waals surface area contributed by atoms with Crippen LogP contribution in [0.2, 0.25) is 0 Å². The molecule has 0 aromatic heterocycles. The third-order valence-corrected chi connectivity index (χ3v) is 4.65. The number of aryl methyl sites for hydroxylation is 1. The van der Waals surface area contributed by atoms with Crippen molar-refractivity contribution in [3.8, 4) is 0 Å². The number of ether oxygens (including phenoxy) is 1. The normalized spacial score (nSPS) is 11.6. The predicted octanol–water partition coefficient (Wildman–Crippen LogP) is 3.47. The average Bonchev–Trinajstić information content (AvgIpc) is 2.60. The molecule has 1 amide bonds. The molecule has 0 aliphatic heterocycles. The number of nitrogens with one attached hydrogen (secondary N) is 1. The molecule has 132 valence electrons. The zero-order chi connectivity index (χ0) is 18.2. The van der Waals surface area contributed by atoms with E-state index in [0.717, 1.165) is 16.0 Å². The number of rotatable bonds is 7. The second kappa shape index (κ2) is 9.22. The van der Waals surface area contributed by atoms with Crippen LogP contribution < -0.4 is 5.32 Å². The van der Waals surface area contributed by atoms with E-state index in [-0.39, 0.29) is 18.1 Å². The standard InChI is InChI=1S/C19H20FNO3S/c1-13-5-3-4-6-17(13)25-12-18(22)24-14(2)19(23)21-11-15-7-9-16(20)10-8-15/h3-10,14H,11-12H2,1-2H3,(H,21,23). The van der Waals surface area contributed by atoms with Crippen molar-refractivity contribution in [2.24, 2.45) is 0 Å². The van der Waals surface area contributed by atoms with Gasteiger partial charge in [-0.15, -0.1) is 11.8 Å². The molecule has 2 aromatic carbocycles. The highest BCUT2D eigenvalue weighted by Gasteiger charge is 2.17. The average molecular weight is 361 g/mol. The van der Waals surface area contributed by atoms with Crippen LogP contribution >= 0.6 is 11.8 Å². The van der Waals surface area contributed by atoms with Gasteiger partial charge in [-0.2, -0.15) is 0 Å². The minimum Gasteiger partial charge on any atom is -0.452 e. The molecule has 0 saturated carbocycles. The lowest BCUT2D eigenvalue weighted by atomic mass is 10.2. The zero-order valence-electron chi connectivity index (χ0n) is 14.1. The number of hydrogen-bond acceptors (Lipinski definition) is 4. The summed E-state index contributed by atoms with van der Waals surface area (Å²) in [6.45, 7) is 3.74. The molecule has 6 heteroatoms. The molecule has 0 heterocycles. The molecule has 25 heavy (non-hydrogen) atoms. The van der Waals surface area contributed by atoms with Gasteiger partial charge in [0, 0.05) is 11.4 Å². The summed E-state index contributed by atoms with van der Waals surface area (Å²) in [5.74, 6) is -1.03. The molecule has 4 nitrogen and oxygen atoms in total. The maximum absolute atomic E-state index is 12.8. The molecule has 1 unspecified atom stereocenters. The molecular formula is C19H20FNO3S. The summed E-state index contributed by atoms with van der Waals surface area (Å²) in [4.78, 5) is 24.9. The molecule has 0 fully saturated rings. The Morgan fingerprint density at radius 3 is 2.52 bits per heavy atom. The Morgan fingerprint density at radius 2 is 1.84 bits per heavy atom. The fourth-order valence-electron chi connectivity index (χ4n) is 2.07. The highest BCUT2D eigenvalue weighted by Crippen LogP contribution is 2.21. The summed E-state index contributed by atoms with van der Waals surface area (Å²) in [6, 6.07) is 13.6. The van der Waals surface area contributed by atoms with Gasteiger partial charge in [0.1, 0.15) is 5.82 Å². The summed E-state index contributed by atoms with van der Waals surface area (Å²) >= 11 is 1.38. The third-order valence-electron chi connectivity index (χ3n) is 3.50. The summed E-state index contributed by atoms with van der Waals surface area (Å²) in [5, 5.41) is 2.66. The van der Waals surface area contributed by atoms with Gasteiger partial charge in [0.15, 0.2) is 6.10 Å². The largest absolute Gasteiger partial charge is 0.452 e. The van der Waals surface area contributed by atoms with Gasteiger partial charge in [0.2, 0.25) is 0 Å². The minimum atomic E-state index is -0.884. The molecule has 0 saturated heterocycles. The maximum atomic E-state index is 12.8. The van der Waals surface area contributed by atoms with Crippen LogP contribution in [0.5, 0.6) is 0 Å². The Morgan fingerprint density at radius 1 is 1.16 bits per heavy atom. The van der Waals surface area contributed by atoms with Crippen molar-refractivity contribution in [2.75, 3.05) is 5.75 Å². The highest BCUT2D eigenvalue weighted by atomic mass is 32.2. The third kappa shape index (κ3) is 6.23. The fraction of sp³-hybridized carbons (Fsp3) is 0.263. The molecule has 1 N–H and O–H groups in total. The van der Waals surface area contributed by atoms with Crippen molar-refractivity contribution in [3.63, 3.8) is 0 Å². The fourth-order valence-corrected chi connectivity index (χ4v) is 2.89. The summed E-state index contributed by atoms with van der Waals surface area (Å²) in [6.07, 6.45) is -0.884. The topological polar surface area (TPSA) is 55.4 Å². The number of benzene rings is 2. The SMILES string of the molecule is Cc1ccccc1SCC(=O)OC(C)C(=O)NCc1ccc(F)cc1. The van der Waals surface area contributed by atoms with Crippen LogP contribution in [0.4, 0.5) is 4.39 Å². The number of amides is 1. The van der Waals surface area contributed by atoms with E-state index in [1.165, 1.54) is 30.8 Å². The molecule has 0 spiro atoms. The molecule has 2 aromatic rings. The molecule has 0 aliphatic rings. The Hall–Kier alpha value is -2.34. The Labute approximate surface area is 150 Å². The minimum absolute atomic E-state index is 0.139. The van der Waals surface area contributed by atoms with E-state index < -0.39 is 18.0 Å². The molecule has 0 radical (unpaired) electrons. The number of halogens is 1. The maximum Gasteiger partial charge on any atom is 0.317 e. The Kier molecular flexibility index (Phi) is 7.01. The van der Waals surface area contributed by atoms with Gasteiger partial charge in [-0.1, -0.05) is 30.3 Å². The van der Waals surface area contributed by atoms with Crippen molar-refractivity contribution in [3.05, 3.63) is 65.5 Å². The van der Waals surface area contributed by atoms with Crippen LogP contribution in [0.15, 0.2) is 53.4 Å². The van der Waals surface area contributed by atoms with Crippen molar-refractivity contribution in [2.45, 2.75) is 31.4 Å². The molecule has 2 rings (SSSR count). The first-order chi connectivity index (χ1) is 12.0. The number of carbonyl (C=O) groups is 2. The number of esters is 1. The van der Waals surface area contributed by atoms with Crippen molar-refractivity contribution >= 4 is 23.6 Å². The molecule has 0 bridgehead atoms. The predicted molar refractivity (Wildman–Crippen MR) is 95.7 cm³/mol.